The minimum absolute atomic E-state index is 0.222. The minimum atomic E-state index is -0.631. The van der Waals surface area contributed by atoms with Crippen LogP contribution in [0.5, 0.6) is 0 Å². The molecule has 2 N–H and O–H groups in total. The molecule has 2 aromatic rings. The zero-order chi connectivity index (χ0) is 15.9. The summed E-state index contributed by atoms with van der Waals surface area (Å²) in [5, 5.41) is 18.8. The summed E-state index contributed by atoms with van der Waals surface area (Å²) in [4.78, 5) is 9.82. The molecular formula is C13H11ClN4O3S. The van der Waals surface area contributed by atoms with Gasteiger partial charge in [-0.2, -0.15) is 5.10 Å². The molecule has 9 heteroatoms. The van der Waals surface area contributed by atoms with E-state index in [2.05, 4.69) is 10.2 Å². The normalized spacial score (nSPS) is 12.0. The summed E-state index contributed by atoms with van der Waals surface area (Å²) in [5.41, 5.74) is 6.65. The molecule has 7 nitrogen and oxygen atoms in total. The topological polar surface area (TPSA) is 107 Å². The van der Waals surface area contributed by atoms with Crippen LogP contribution in [-0.4, -0.2) is 16.3 Å². The summed E-state index contributed by atoms with van der Waals surface area (Å²) in [6, 6.07) is 10.1. The van der Waals surface area contributed by atoms with Crippen LogP contribution >= 0.6 is 23.4 Å². The van der Waals surface area contributed by atoms with Crippen LogP contribution in [0, 0.1) is 10.1 Å². The van der Waals surface area contributed by atoms with Gasteiger partial charge in [0.2, 0.25) is 0 Å². The van der Waals surface area contributed by atoms with Gasteiger partial charge in [-0.1, -0.05) is 41.6 Å². The number of benzene rings is 1. The Morgan fingerprint density at radius 3 is 2.86 bits per heavy atom. The summed E-state index contributed by atoms with van der Waals surface area (Å²) in [7, 11) is 0. The first-order chi connectivity index (χ1) is 10.6. The van der Waals surface area contributed by atoms with Crippen LogP contribution in [0.25, 0.3) is 0 Å². The van der Waals surface area contributed by atoms with Gasteiger partial charge in [0.25, 0.3) is 0 Å². The maximum absolute atomic E-state index is 10.4. The van der Waals surface area contributed by atoms with Crippen molar-refractivity contribution in [1.29, 1.82) is 0 Å². The lowest BCUT2D eigenvalue weighted by Crippen LogP contribution is -2.06. The summed E-state index contributed by atoms with van der Waals surface area (Å²) >= 11 is 7.31. The van der Waals surface area contributed by atoms with Crippen LogP contribution in [0.15, 0.2) is 51.0 Å². The highest BCUT2D eigenvalue weighted by molar-refractivity contribution is 8.13. The van der Waals surface area contributed by atoms with Gasteiger partial charge in [0.15, 0.2) is 10.9 Å². The van der Waals surface area contributed by atoms with Gasteiger partial charge in [0.1, 0.15) is 4.92 Å². The summed E-state index contributed by atoms with van der Waals surface area (Å²) in [6.07, 6.45) is 1.25. The Bertz CT molecular complexity index is 730. The molecular weight excluding hydrogens is 328 g/mol. The molecule has 0 aliphatic carbocycles. The van der Waals surface area contributed by atoms with E-state index in [1.54, 1.807) is 6.07 Å². The zero-order valence-corrected chi connectivity index (χ0v) is 12.8. The van der Waals surface area contributed by atoms with Crippen molar-refractivity contribution in [3.8, 4) is 0 Å². The van der Waals surface area contributed by atoms with Gasteiger partial charge in [-0.15, -0.1) is 5.10 Å². The van der Waals surface area contributed by atoms with Gasteiger partial charge in [0.05, 0.1) is 12.3 Å². The molecule has 1 heterocycles. The fourth-order valence-corrected chi connectivity index (χ4v) is 2.39. The van der Waals surface area contributed by atoms with Gasteiger partial charge in [-0.3, -0.25) is 10.1 Å². The van der Waals surface area contributed by atoms with E-state index in [0.717, 1.165) is 5.56 Å². The number of nitrogens with two attached hydrogens (primary N) is 1. The molecule has 0 spiro atoms. The summed E-state index contributed by atoms with van der Waals surface area (Å²) < 4.78 is 4.89. The highest BCUT2D eigenvalue weighted by atomic mass is 35.5. The molecule has 0 bridgehead atoms. The highest BCUT2D eigenvalue weighted by Gasteiger charge is 2.10. The fraction of sp³-hybridized carbons (Fsp3) is 0.0769. The standard InChI is InChI=1S/C13H11ClN4O3S/c14-11-4-2-1-3-9(11)8-22-13(15)17-16-7-10-5-6-12(21-10)18(19)20/h1-7H,8H2,(H2,15,17)/b16-7+. The number of nitro groups is 1. The zero-order valence-electron chi connectivity index (χ0n) is 11.2. The SMILES string of the molecule is N/C(=N\N=C\c1ccc([N+](=O)[O-])o1)SCc1ccccc1Cl. The maximum atomic E-state index is 10.4. The molecule has 0 fully saturated rings. The van der Waals surface area contributed by atoms with Crippen LogP contribution in [0.4, 0.5) is 5.88 Å². The van der Waals surface area contributed by atoms with E-state index >= 15 is 0 Å². The molecule has 0 aliphatic heterocycles. The fourth-order valence-electron chi connectivity index (χ4n) is 1.45. The number of hydrogen-bond acceptors (Lipinski definition) is 6. The van der Waals surface area contributed by atoms with Crippen molar-refractivity contribution in [3.05, 3.63) is 62.9 Å². The number of nitrogens with zero attached hydrogens (tertiary/aromatic N) is 3. The second kappa shape index (κ2) is 7.62. The lowest BCUT2D eigenvalue weighted by Gasteiger charge is -2.02. The van der Waals surface area contributed by atoms with E-state index in [0.29, 0.717) is 10.8 Å². The predicted octanol–water partition coefficient (Wildman–Crippen LogP) is 3.42. The van der Waals surface area contributed by atoms with E-state index in [4.69, 9.17) is 21.8 Å². The monoisotopic (exact) mass is 338 g/mol. The van der Waals surface area contributed by atoms with Crippen molar-refractivity contribution < 1.29 is 9.34 Å². The van der Waals surface area contributed by atoms with Gasteiger partial charge in [-0.25, -0.2) is 0 Å². The van der Waals surface area contributed by atoms with Crippen LogP contribution in [0.2, 0.25) is 5.02 Å². The van der Waals surface area contributed by atoms with E-state index < -0.39 is 4.92 Å². The van der Waals surface area contributed by atoms with Crippen molar-refractivity contribution in [2.75, 3.05) is 0 Å². The average molecular weight is 339 g/mol. The van der Waals surface area contributed by atoms with Crippen LogP contribution in [-0.2, 0) is 5.75 Å². The van der Waals surface area contributed by atoms with Crippen LogP contribution in [0.3, 0.4) is 0 Å². The number of furan rings is 1. The first-order valence-electron chi connectivity index (χ1n) is 6.03. The molecule has 0 amide bonds. The van der Waals surface area contributed by atoms with Crippen molar-refractivity contribution >= 4 is 40.6 Å². The molecule has 0 saturated carbocycles. The van der Waals surface area contributed by atoms with Gasteiger partial charge in [-0.05, 0) is 17.7 Å². The third-order valence-electron chi connectivity index (χ3n) is 2.47. The quantitative estimate of drug-likeness (QED) is 0.389. The third-order valence-corrected chi connectivity index (χ3v) is 3.67. The molecule has 0 saturated heterocycles. The molecule has 1 aromatic heterocycles. The van der Waals surface area contributed by atoms with Crippen molar-refractivity contribution in [3.63, 3.8) is 0 Å². The highest BCUT2D eigenvalue weighted by Crippen LogP contribution is 2.20. The Balaban J connectivity index is 1.90. The molecule has 1 aromatic carbocycles. The largest absolute Gasteiger partial charge is 0.433 e. The first-order valence-corrected chi connectivity index (χ1v) is 7.39. The second-order valence-corrected chi connectivity index (χ2v) is 5.40. The summed E-state index contributed by atoms with van der Waals surface area (Å²) in [6.45, 7) is 0. The Morgan fingerprint density at radius 1 is 1.41 bits per heavy atom. The molecule has 2 rings (SSSR count). The number of rotatable bonds is 5. The Morgan fingerprint density at radius 2 is 2.18 bits per heavy atom. The lowest BCUT2D eigenvalue weighted by atomic mass is 10.2. The number of thioether (sulfide) groups is 1. The van der Waals surface area contributed by atoms with E-state index in [1.807, 2.05) is 18.2 Å². The second-order valence-electron chi connectivity index (χ2n) is 4.00. The Labute approximate surface area is 135 Å². The molecule has 0 unspecified atom stereocenters. The molecule has 0 radical (unpaired) electrons. The van der Waals surface area contributed by atoms with E-state index in [1.165, 1.54) is 30.1 Å². The first kappa shape index (κ1) is 16.1. The number of halogens is 1. The molecule has 0 atom stereocenters. The van der Waals surface area contributed by atoms with Gasteiger partial charge < -0.3 is 10.2 Å². The lowest BCUT2D eigenvalue weighted by molar-refractivity contribution is -0.402. The Kier molecular flexibility index (Phi) is 5.56. The van der Waals surface area contributed by atoms with Crippen molar-refractivity contribution in [2.45, 2.75) is 5.75 Å². The van der Waals surface area contributed by atoms with E-state index in [-0.39, 0.29) is 16.8 Å². The van der Waals surface area contributed by atoms with Gasteiger partial charge in [0, 0.05) is 10.8 Å². The number of amidine groups is 1. The van der Waals surface area contributed by atoms with Crippen LogP contribution < -0.4 is 5.73 Å². The third kappa shape index (κ3) is 4.61. The average Bonchev–Trinajstić information content (AvgIpc) is 2.95. The maximum Gasteiger partial charge on any atom is 0.433 e. The van der Waals surface area contributed by atoms with E-state index in [9.17, 15) is 10.1 Å². The summed E-state index contributed by atoms with van der Waals surface area (Å²) in [5.74, 6) is 0.433. The van der Waals surface area contributed by atoms with Crippen LogP contribution in [0.1, 0.15) is 11.3 Å². The predicted molar refractivity (Wildman–Crippen MR) is 87.3 cm³/mol. The minimum Gasteiger partial charge on any atom is -0.400 e. The molecule has 0 aliphatic rings. The molecule has 22 heavy (non-hydrogen) atoms. The molecule has 114 valence electrons. The number of hydrogen-bond donors (Lipinski definition) is 1. The van der Waals surface area contributed by atoms with Gasteiger partial charge >= 0.3 is 5.88 Å². The van der Waals surface area contributed by atoms with Crippen molar-refractivity contribution in [1.82, 2.24) is 0 Å². The van der Waals surface area contributed by atoms with Crippen molar-refractivity contribution in [2.24, 2.45) is 15.9 Å². The Hall–Kier alpha value is -2.32. The smallest absolute Gasteiger partial charge is 0.400 e.